The van der Waals surface area contributed by atoms with Gasteiger partial charge in [0.05, 0.1) is 12.5 Å². The first-order chi connectivity index (χ1) is 14.7. The fraction of sp³-hybridized carbons (Fsp3) is 0.500. The van der Waals surface area contributed by atoms with Crippen LogP contribution in [0.15, 0.2) is 48.5 Å². The van der Waals surface area contributed by atoms with Crippen LogP contribution in [0.4, 0.5) is 0 Å². The van der Waals surface area contributed by atoms with Gasteiger partial charge in [-0.15, -0.1) is 0 Å². The summed E-state index contributed by atoms with van der Waals surface area (Å²) in [5.41, 5.74) is 2.75. The summed E-state index contributed by atoms with van der Waals surface area (Å²) in [7, 11) is 0. The highest BCUT2D eigenvalue weighted by Gasteiger charge is 2.46. The van der Waals surface area contributed by atoms with E-state index in [2.05, 4.69) is 53.4 Å². The van der Waals surface area contributed by atoms with Crippen molar-refractivity contribution in [2.45, 2.75) is 56.9 Å². The van der Waals surface area contributed by atoms with Crippen molar-refractivity contribution in [3.8, 4) is 11.5 Å². The van der Waals surface area contributed by atoms with E-state index in [0.717, 1.165) is 56.7 Å². The molecule has 2 heterocycles. The molecule has 1 saturated heterocycles. The van der Waals surface area contributed by atoms with Gasteiger partial charge in [0.25, 0.3) is 0 Å². The molecule has 0 amide bonds. The van der Waals surface area contributed by atoms with Gasteiger partial charge in [-0.1, -0.05) is 36.4 Å². The molecule has 4 nitrogen and oxygen atoms in total. The molecule has 5 rings (SSSR count). The maximum absolute atomic E-state index is 12.3. The van der Waals surface area contributed by atoms with Gasteiger partial charge in [-0.3, -0.25) is 9.69 Å². The molecule has 158 valence electrons. The van der Waals surface area contributed by atoms with Gasteiger partial charge < -0.3 is 9.47 Å². The second-order valence-corrected chi connectivity index (χ2v) is 9.15. The normalized spacial score (nSPS) is 28.3. The maximum atomic E-state index is 12.3. The number of carbonyl (C=O) groups excluding carboxylic acids is 1. The third-order valence-electron chi connectivity index (χ3n) is 7.35. The number of hydrogen-bond donors (Lipinski definition) is 0. The largest absolute Gasteiger partial charge is 0.466 e. The SMILES string of the molecule is CCOC(=O)[C@@H]1CCCN(C2CCC3(Cc4ccccc4Oc4ccccc43)C2)C1. The molecule has 30 heavy (non-hydrogen) atoms. The molecule has 1 spiro atoms. The van der Waals surface area contributed by atoms with Crippen LogP contribution in [0.3, 0.4) is 0 Å². The Morgan fingerprint density at radius 2 is 1.93 bits per heavy atom. The lowest BCUT2D eigenvalue weighted by molar-refractivity contribution is -0.150. The first kappa shape index (κ1) is 19.6. The first-order valence-corrected chi connectivity index (χ1v) is 11.4. The van der Waals surface area contributed by atoms with E-state index in [1.165, 1.54) is 17.5 Å². The number of para-hydroxylation sites is 2. The molecular weight excluding hydrogens is 374 g/mol. The van der Waals surface area contributed by atoms with Crippen molar-refractivity contribution in [3.63, 3.8) is 0 Å². The van der Waals surface area contributed by atoms with Crippen LogP contribution in [0.2, 0.25) is 0 Å². The second kappa shape index (κ2) is 8.07. The number of esters is 1. The molecule has 0 aromatic heterocycles. The number of likely N-dealkylation sites (tertiary alicyclic amines) is 1. The van der Waals surface area contributed by atoms with E-state index >= 15 is 0 Å². The van der Waals surface area contributed by atoms with Crippen molar-refractivity contribution in [2.75, 3.05) is 19.7 Å². The number of nitrogens with zero attached hydrogens (tertiary/aromatic N) is 1. The topological polar surface area (TPSA) is 38.8 Å². The number of rotatable bonds is 3. The van der Waals surface area contributed by atoms with Crippen molar-refractivity contribution >= 4 is 5.97 Å². The van der Waals surface area contributed by atoms with Crippen LogP contribution in [0.1, 0.15) is 50.2 Å². The van der Waals surface area contributed by atoms with Gasteiger partial charge in [-0.25, -0.2) is 0 Å². The van der Waals surface area contributed by atoms with E-state index in [0.29, 0.717) is 12.6 Å². The van der Waals surface area contributed by atoms with Crippen LogP contribution in [-0.2, 0) is 21.4 Å². The summed E-state index contributed by atoms with van der Waals surface area (Å²) in [4.78, 5) is 14.9. The smallest absolute Gasteiger partial charge is 0.310 e. The molecule has 0 bridgehead atoms. The standard InChI is InChI=1S/C26H31NO3/c1-2-29-25(28)20-9-7-15-27(18-20)21-13-14-26(17-21)16-19-8-3-5-11-23(19)30-24-12-6-4-10-22(24)26/h3-6,8,10-12,20-21H,2,7,9,13-18H2,1H3/t20-,21?,26?/m1/s1. The Hall–Kier alpha value is -2.33. The van der Waals surface area contributed by atoms with E-state index in [9.17, 15) is 4.79 Å². The zero-order valence-corrected chi connectivity index (χ0v) is 17.8. The summed E-state index contributed by atoms with van der Waals surface area (Å²) in [6, 6.07) is 17.6. The van der Waals surface area contributed by atoms with E-state index < -0.39 is 0 Å². The highest BCUT2D eigenvalue weighted by Crippen LogP contribution is 2.52. The zero-order chi connectivity index (χ0) is 20.6. The lowest BCUT2D eigenvalue weighted by Crippen LogP contribution is -2.45. The van der Waals surface area contributed by atoms with Crippen molar-refractivity contribution in [1.82, 2.24) is 4.90 Å². The Kier molecular flexibility index (Phi) is 5.28. The van der Waals surface area contributed by atoms with Crippen LogP contribution in [0.25, 0.3) is 0 Å². The van der Waals surface area contributed by atoms with Crippen molar-refractivity contribution in [2.24, 2.45) is 5.92 Å². The molecule has 3 aliphatic rings. The first-order valence-electron chi connectivity index (χ1n) is 11.4. The van der Waals surface area contributed by atoms with E-state index in [1.54, 1.807) is 0 Å². The summed E-state index contributed by atoms with van der Waals surface area (Å²) in [6.45, 7) is 4.29. The molecule has 3 atom stereocenters. The van der Waals surface area contributed by atoms with Gasteiger partial charge in [0.1, 0.15) is 11.5 Å². The molecule has 2 aliphatic heterocycles. The monoisotopic (exact) mass is 405 g/mol. The molecule has 2 aromatic rings. The number of benzene rings is 2. The van der Waals surface area contributed by atoms with Crippen molar-refractivity contribution in [1.29, 1.82) is 0 Å². The van der Waals surface area contributed by atoms with Gasteiger partial charge in [-0.05, 0) is 69.7 Å². The maximum Gasteiger partial charge on any atom is 0.310 e. The number of ether oxygens (including phenoxy) is 2. The highest BCUT2D eigenvalue weighted by atomic mass is 16.5. The fourth-order valence-corrected chi connectivity index (χ4v) is 5.93. The molecule has 2 fully saturated rings. The van der Waals surface area contributed by atoms with Crippen LogP contribution in [0.5, 0.6) is 11.5 Å². The number of piperidine rings is 1. The summed E-state index contributed by atoms with van der Waals surface area (Å²) in [5, 5.41) is 0. The molecule has 1 saturated carbocycles. The molecule has 0 N–H and O–H groups in total. The van der Waals surface area contributed by atoms with Crippen LogP contribution in [0, 0.1) is 5.92 Å². The van der Waals surface area contributed by atoms with Crippen LogP contribution >= 0.6 is 0 Å². The van der Waals surface area contributed by atoms with Gasteiger partial charge in [-0.2, -0.15) is 0 Å². The predicted octanol–water partition coefficient (Wildman–Crippen LogP) is 5.10. The molecule has 2 unspecified atom stereocenters. The Morgan fingerprint density at radius 1 is 1.13 bits per heavy atom. The Balaban J connectivity index is 1.41. The average Bonchev–Trinajstić information content (AvgIpc) is 3.14. The number of carbonyl (C=O) groups is 1. The lowest BCUT2D eigenvalue weighted by Gasteiger charge is -2.37. The minimum Gasteiger partial charge on any atom is -0.466 e. The molecule has 0 radical (unpaired) electrons. The quantitative estimate of drug-likeness (QED) is 0.666. The predicted molar refractivity (Wildman–Crippen MR) is 117 cm³/mol. The average molecular weight is 406 g/mol. The number of hydrogen-bond acceptors (Lipinski definition) is 4. The Morgan fingerprint density at radius 3 is 2.80 bits per heavy atom. The van der Waals surface area contributed by atoms with Gasteiger partial charge in [0, 0.05) is 23.6 Å². The van der Waals surface area contributed by atoms with Gasteiger partial charge >= 0.3 is 5.97 Å². The van der Waals surface area contributed by atoms with Crippen LogP contribution < -0.4 is 4.74 Å². The third-order valence-corrected chi connectivity index (χ3v) is 7.35. The molecule has 2 aromatic carbocycles. The van der Waals surface area contributed by atoms with Gasteiger partial charge in [0.15, 0.2) is 0 Å². The van der Waals surface area contributed by atoms with Crippen molar-refractivity contribution < 1.29 is 14.3 Å². The summed E-state index contributed by atoms with van der Waals surface area (Å²) < 4.78 is 11.7. The summed E-state index contributed by atoms with van der Waals surface area (Å²) >= 11 is 0. The third kappa shape index (κ3) is 3.51. The fourth-order valence-electron chi connectivity index (χ4n) is 5.93. The minimum absolute atomic E-state index is 0.0166. The van der Waals surface area contributed by atoms with Crippen LogP contribution in [-0.4, -0.2) is 36.6 Å². The number of fused-ring (bicyclic) bond motifs is 3. The van der Waals surface area contributed by atoms with E-state index in [1.807, 2.05) is 6.92 Å². The Labute approximate surface area is 179 Å². The highest BCUT2D eigenvalue weighted by molar-refractivity contribution is 5.72. The Bertz CT molecular complexity index is 926. The zero-order valence-electron chi connectivity index (χ0n) is 17.8. The van der Waals surface area contributed by atoms with E-state index in [4.69, 9.17) is 9.47 Å². The lowest BCUT2D eigenvalue weighted by atomic mass is 9.74. The summed E-state index contributed by atoms with van der Waals surface area (Å²) in [6.07, 6.45) is 6.51. The van der Waals surface area contributed by atoms with Crippen molar-refractivity contribution in [3.05, 3.63) is 59.7 Å². The van der Waals surface area contributed by atoms with Gasteiger partial charge in [0.2, 0.25) is 0 Å². The molecule has 1 aliphatic carbocycles. The second-order valence-electron chi connectivity index (χ2n) is 9.15. The molecular formula is C26H31NO3. The molecule has 4 heteroatoms. The summed E-state index contributed by atoms with van der Waals surface area (Å²) in [5.74, 6) is 2.01. The van der Waals surface area contributed by atoms with E-state index in [-0.39, 0.29) is 17.3 Å². The minimum atomic E-state index is -0.0166.